The van der Waals surface area contributed by atoms with Crippen LogP contribution in [0, 0.1) is 0 Å². The van der Waals surface area contributed by atoms with Crippen molar-refractivity contribution in [2.75, 3.05) is 0 Å². The summed E-state index contributed by atoms with van der Waals surface area (Å²) in [5.41, 5.74) is 1.50. The number of aryl methyl sites for hydroxylation is 1. The Labute approximate surface area is 136 Å². The molecule has 0 saturated carbocycles. The molecule has 0 saturated heterocycles. The lowest BCUT2D eigenvalue weighted by Gasteiger charge is -2.05. The first-order valence-corrected chi connectivity index (χ1v) is 9.38. The van der Waals surface area contributed by atoms with E-state index >= 15 is 0 Å². The van der Waals surface area contributed by atoms with Gasteiger partial charge in [-0.25, -0.2) is 0 Å². The lowest BCUT2D eigenvalue weighted by Crippen LogP contribution is -1.87. The van der Waals surface area contributed by atoms with Crippen LogP contribution in [-0.4, -0.2) is 0 Å². The average molecular weight is 296 g/mol. The Hall–Kier alpha value is -1.30. The molecule has 0 spiro atoms. The van der Waals surface area contributed by atoms with Gasteiger partial charge in [-0.1, -0.05) is 107 Å². The Bertz CT molecular complexity index is 526. The quantitative estimate of drug-likeness (QED) is 0.381. The lowest BCUT2D eigenvalue weighted by atomic mass is 10.0. The molecule has 0 atom stereocenters. The highest BCUT2D eigenvalue weighted by molar-refractivity contribution is 5.82. The minimum atomic E-state index is 1.24. The molecule has 0 heteroatoms. The van der Waals surface area contributed by atoms with Crippen molar-refractivity contribution in [2.45, 2.75) is 77.6 Å². The van der Waals surface area contributed by atoms with Gasteiger partial charge in [0.1, 0.15) is 0 Å². The van der Waals surface area contributed by atoms with Crippen LogP contribution in [0.15, 0.2) is 42.5 Å². The predicted octanol–water partition coefficient (Wildman–Crippen LogP) is 7.30. The van der Waals surface area contributed by atoms with Gasteiger partial charge in [0.05, 0.1) is 0 Å². The molecule has 0 nitrogen and oxygen atoms in total. The Morgan fingerprint density at radius 2 is 1.18 bits per heavy atom. The average Bonchev–Trinajstić information content (AvgIpc) is 2.56. The number of rotatable bonds is 11. The van der Waals surface area contributed by atoms with E-state index in [1.165, 1.54) is 87.0 Å². The van der Waals surface area contributed by atoms with Crippen LogP contribution in [0.1, 0.15) is 76.7 Å². The summed E-state index contributed by atoms with van der Waals surface area (Å²) in [5.74, 6) is 0. The predicted molar refractivity (Wildman–Crippen MR) is 99.5 cm³/mol. The molecule has 2 aromatic carbocycles. The Morgan fingerprint density at radius 1 is 0.591 bits per heavy atom. The Kier molecular flexibility index (Phi) is 8.09. The normalized spacial score (nSPS) is 11.1. The van der Waals surface area contributed by atoms with E-state index in [0.29, 0.717) is 0 Å². The molecule has 0 N–H and O–H groups in total. The van der Waals surface area contributed by atoms with Gasteiger partial charge in [0.25, 0.3) is 0 Å². The summed E-state index contributed by atoms with van der Waals surface area (Å²) in [6.45, 7) is 2.29. The maximum absolute atomic E-state index is 2.36. The number of hydrogen-bond acceptors (Lipinski definition) is 0. The number of fused-ring (bicyclic) bond motifs is 1. The molecule has 0 fully saturated rings. The van der Waals surface area contributed by atoms with Gasteiger partial charge in [0.15, 0.2) is 0 Å². The summed E-state index contributed by atoms with van der Waals surface area (Å²) in [7, 11) is 0. The lowest BCUT2D eigenvalue weighted by molar-refractivity contribution is 0.556. The molecule has 0 aromatic heterocycles. The van der Waals surface area contributed by atoms with Crippen LogP contribution in [0.3, 0.4) is 0 Å². The molecule has 0 heterocycles. The summed E-state index contributed by atoms with van der Waals surface area (Å²) in [5, 5.41) is 2.74. The van der Waals surface area contributed by atoms with Crippen LogP contribution >= 0.6 is 0 Å². The zero-order valence-corrected chi connectivity index (χ0v) is 14.3. The Morgan fingerprint density at radius 3 is 1.86 bits per heavy atom. The van der Waals surface area contributed by atoms with Crippen LogP contribution in [0.5, 0.6) is 0 Å². The molecule has 2 aromatic rings. The van der Waals surface area contributed by atoms with Gasteiger partial charge in [0, 0.05) is 0 Å². The Balaban J connectivity index is 1.54. The second-order valence-corrected chi connectivity index (χ2v) is 6.61. The largest absolute Gasteiger partial charge is 0.0654 e. The van der Waals surface area contributed by atoms with Gasteiger partial charge < -0.3 is 0 Å². The third kappa shape index (κ3) is 6.22. The fourth-order valence-electron chi connectivity index (χ4n) is 3.21. The minimum Gasteiger partial charge on any atom is -0.0654 e. The van der Waals surface area contributed by atoms with E-state index in [2.05, 4.69) is 49.4 Å². The third-order valence-corrected chi connectivity index (χ3v) is 4.63. The van der Waals surface area contributed by atoms with Crippen molar-refractivity contribution in [1.82, 2.24) is 0 Å². The molecule has 0 unspecified atom stereocenters. The molecule has 0 radical (unpaired) electrons. The number of hydrogen-bond donors (Lipinski definition) is 0. The fraction of sp³-hybridized carbons (Fsp3) is 0.545. The van der Waals surface area contributed by atoms with Gasteiger partial charge in [-0.05, 0) is 29.2 Å². The minimum absolute atomic E-state index is 1.24. The monoisotopic (exact) mass is 296 g/mol. The standard InChI is InChI=1S/C22H32/c1-2-3-4-5-6-7-8-9-10-11-14-20-17-18-21-15-12-13-16-22(21)19-20/h12-13,15-19H,2-11,14H2,1H3. The molecule has 0 aliphatic carbocycles. The van der Waals surface area contributed by atoms with E-state index in [4.69, 9.17) is 0 Å². The fourth-order valence-corrected chi connectivity index (χ4v) is 3.21. The number of benzene rings is 2. The molecular weight excluding hydrogens is 264 g/mol. The van der Waals surface area contributed by atoms with Crippen molar-refractivity contribution in [3.05, 3.63) is 48.0 Å². The van der Waals surface area contributed by atoms with Crippen LogP contribution < -0.4 is 0 Å². The van der Waals surface area contributed by atoms with Crippen LogP contribution in [-0.2, 0) is 6.42 Å². The van der Waals surface area contributed by atoms with Gasteiger partial charge in [-0.2, -0.15) is 0 Å². The van der Waals surface area contributed by atoms with Crippen LogP contribution in [0.2, 0.25) is 0 Å². The van der Waals surface area contributed by atoms with Crippen molar-refractivity contribution in [3.8, 4) is 0 Å². The van der Waals surface area contributed by atoms with Crippen LogP contribution in [0.4, 0.5) is 0 Å². The molecule has 0 bridgehead atoms. The van der Waals surface area contributed by atoms with Crippen molar-refractivity contribution in [1.29, 1.82) is 0 Å². The molecule has 0 aliphatic heterocycles. The summed E-state index contributed by atoms with van der Waals surface area (Å²) < 4.78 is 0. The smallest absolute Gasteiger partial charge is 0.0181 e. The maximum Gasteiger partial charge on any atom is -0.0181 e. The molecule has 22 heavy (non-hydrogen) atoms. The summed E-state index contributed by atoms with van der Waals surface area (Å²) >= 11 is 0. The van der Waals surface area contributed by atoms with E-state index in [1.807, 2.05) is 0 Å². The van der Waals surface area contributed by atoms with Crippen molar-refractivity contribution < 1.29 is 0 Å². The highest BCUT2D eigenvalue weighted by Crippen LogP contribution is 2.18. The first-order valence-electron chi connectivity index (χ1n) is 9.38. The van der Waals surface area contributed by atoms with E-state index in [0.717, 1.165) is 0 Å². The van der Waals surface area contributed by atoms with Crippen LogP contribution in [0.25, 0.3) is 10.8 Å². The second-order valence-electron chi connectivity index (χ2n) is 6.61. The molecule has 120 valence electrons. The summed E-state index contributed by atoms with van der Waals surface area (Å²) in [4.78, 5) is 0. The summed E-state index contributed by atoms with van der Waals surface area (Å²) in [6, 6.07) is 15.6. The van der Waals surface area contributed by atoms with E-state index < -0.39 is 0 Å². The van der Waals surface area contributed by atoms with Gasteiger partial charge in [-0.3, -0.25) is 0 Å². The van der Waals surface area contributed by atoms with Crippen molar-refractivity contribution >= 4 is 10.8 Å². The van der Waals surface area contributed by atoms with Gasteiger partial charge >= 0.3 is 0 Å². The molecular formula is C22H32. The topological polar surface area (TPSA) is 0 Å². The van der Waals surface area contributed by atoms with Crippen molar-refractivity contribution in [2.24, 2.45) is 0 Å². The van der Waals surface area contributed by atoms with E-state index in [-0.39, 0.29) is 0 Å². The van der Waals surface area contributed by atoms with E-state index in [9.17, 15) is 0 Å². The zero-order chi connectivity index (χ0) is 15.5. The third-order valence-electron chi connectivity index (χ3n) is 4.63. The SMILES string of the molecule is CCCCCCCCCCCCc1ccc2ccccc2c1. The molecule has 0 amide bonds. The maximum atomic E-state index is 2.36. The van der Waals surface area contributed by atoms with Gasteiger partial charge in [0.2, 0.25) is 0 Å². The first-order chi connectivity index (χ1) is 10.9. The van der Waals surface area contributed by atoms with E-state index in [1.54, 1.807) is 0 Å². The summed E-state index contributed by atoms with van der Waals surface area (Å²) in [6.07, 6.45) is 15.4. The number of unbranched alkanes of at least 4 members (excludes halogenated alkanes) is 9. The highest BCUT2D eigenvalue weighted by atomic mass is 14.0. The van der Waals surface area contributed by atoms with Crippen molar-refractivity contribution in [3.63, 3.8) is 0 Å². The first kappa shape index (κ1) is 17.1. The molecule has 0 aliphatic rings. The highest BCUT2D eigenvalue weighted by Gasteiger charge is 1.97. The van der Waals surface area contributed by atoms with Gasteiger partial charge in [-0.15, -0.1) is 0 Å². The zero-order valence-electron chi connectivity index (χ0n) is 14.3. The second kappa shape index (κ2) is 10.4. The molecule has 2 rings (SSSR count).